The van der Waals surface area contributed by atoms with Gasteiger partial charge in [-0.25, -0.2) is 0 Å². The van der Waals surface area contributed by atoms with E-state index in [9.17, 15) is 4.79 Å². The van der Waals surface area contributed by atoms with Crippen molar-refractivity contribution >= 4 is 16.6 Å². The van der Waals surface area contributed by atoms with E-state index in [-0.39, 0.29) is 31.6 Å². The average molecular weight is 525 g/mol. The Labute approximate surface area is 168 Å². The molecule has 0 saturated heterocycles. The van der Waals surface area contributed by atoms with Crippen LogP contribution in [0, 0.1) is 19.9 Å². The zero-order chi connectivity index (χ0) is 18.4. The summed E-state index contributed by atoms with van der Waals surface area (Å²) in [5, 5.41) is 10.8. The number of fused-ring (bicyclic) bond motifs is 1. The fraction of sp³-hybridized carbons (Fsp3) is 0.182. The third-order valence-corrected chi connectivity index (χ3v) is 3.71. The van der Waals surface area contributed by atoms with E-state index in [1.54, 1.807) is 0 Å². The maximum Gasteiger partial charge on any atom is 0.155 e. The standard InChI is InChI=1S/C17H14N.C5H8O2.Ir/c1-12-7-3-4-9-15(12)17-16-10-6-5-8-14(16)13(2)11-18-17;1-4(6)3-5(2)7;/h3-8,10-11H,1-2H3;3,6H,1-2H3;/q-1;;/b;4-3-;. The summed E-state index contributed by atoms with van der Waals surface area (Å²) < 4.78 is 0. The fourth-order valence-corrected chi connectivity index (χ4v) is 2.60. The van der Waals surface area contributed by atoms with Gasteiger partial charge in [-0.05, 0) is 42.8 Å². The zero-order valence-corrected chi connectivity index (χ0v) is 17.7. The van der Waals surface area contributed by atoms with Gasteiger partial charge in [0.25, 0.3) is 0 Å². The summed E-state index contributed by atoms with van der Waals surface area (Å²) in [5.41, 5.74) is 4.53. The van der Waals surface area contributed by atoms with E-state index in [0.29, 0.717) is 0 Å². The van der Waals surface area contributed by atoms with Gasteiger partial charge < -0.3 is 10.1 Å². The van der Waals surface area contributed by atoms with Crippen LogP contribution < -0.4 is 0 Å². The first-order valence-electron chi connectivity index (χ1n) is 8.10. The first-order valence-corrected chi connectivity index (χ1v) is 8.10. The quantitative estimate of drug-likeness (QED) is 0.279. The van der Waals surface area contributed by atoms with Crippen LogP contribution in [0.25, 0.3) is 22.0 Å². The number of aliphatic hydroxyl groups excluding tert-OH is 1. The van der Waals surface area contributed by atoms with Crippen LogP contribution in [0.5, 0.6) is 0 Å². The molecule has 1 radical (unpaired) electrons. The van der Waals surface area contributed by atoms with Crippen molar-refractivity contribution in [3.05, 3.63) is 77.7 Å². The molecule has 0 unspecified atom stereocenters. The predicted molar refractivity (Wildman–Crippen MR) is 103 cm³/mol. The van der Waals surface area contributed by atoms with Gasteiger partial charge in [-0.1, -0.05) is 31.2 Å². The number of carbonyl (C=O) groups excluding carboxylic acids is 1. The summed E-state index contributed by atoms with van der Waals surface area (Å²) in [5.74, 6) is -0.0625. The number of nitrogens with zero attached hydrogens (tertiary/aromatic N) is 1. The number of hydrogen-bond acceptors (Lipinski definition) is 3. The van der Waals surface area contributed by atoms with Crippen LogP contribution in [0.15, 0.2) is 60.5 Å². The number of rotatable bonds is 2. The van der Waals surface area contributed by atoms with E-state index in [1.807, 2.05) is 18.3 Å². The van der Waals surface area contributed by atoms with Gasteiger partial charge in [0.2, 0.25) is 0 Å². The number of ketones is 1. The molecule has 0 aliphatic rings. The maximum atomic E-state index is 10.0. The summed E-state index contributed by atoms with van der Waals surface area (Å²) in [6, 6.07) is 17.8. The van der Waals surface area contributed by atoms with Gasteiger partial charge in [0.15, 0.2) is 5.78 Å². The third-order valence-electron chi connectivity index (χ3n) is 3.71. The van der Waals surface area contributed by atoms with E-state index < -0.39 is 0 Å². The molecule has 1 heterocycles. The van der Waals surface area contributed by atoms with Crippen LogP contribution >= 0.6 is 0 Å². The number of hydrogen-bond donors (Lipinski definition) is 1. The monoisotopic (exact) mass is 525 g/mol. The summed E-state index contributed by atoms with van der Waals surface area (Å²) in [6.45, 7) is 7.05. The topological polar surface area (TPSA) is 50.2 Å². The van der Waals surface area contributed by atoms with Crippen LogP contribution in [0.3, 0.4) is 0 Å². The molecule has 1 N–H and O–H groups in total. The molecule has 0 spiro atoms. The number of pyridine rings is 1. The molecular formula is C22H22IrNO2-. The summed E-state index contributed by atoms with van der Waals surface area (Å²) >= 11 is 0. The van der Waals surface area contributed by atoms with E-state index in [0.717, 1.165) is 11.3 Å². The van der Waals surface area contributed by atoms with Crippen molar-refractivity contribution in [2.75, 3.05) is 0 Å². The van der Waals surface area contributed by atoms with E-state index in [4.69, 9.17) is 5.11 Å². The van der Waals surface area contributed by atoms with E-state index in [2.05, 4.69) is 55.2 Å². The molecule has 26 heavy (non-hydrogen) atoms. The molecule has 0 fully saturated rings. The van der Waals surface area contributed by atoms with Crippen molar-refractivity contribution in [3.63, 3.8) is 0 Å². The Balaban J connectivity index is 0.000000366. The van der Waals surface area contributed by atoms with Gasteiger partial charge in [0, 0.05) is 32.4 Å². The second kappa shape index (κ2) is 10.0. The van der Waals surface area contributed by atoms with Gasteiger partial charge in [-0.15, -0.1) is 35.4 Å². The van der Waals surface area contributed by atoms with Crippen molar-refractivity contribution in [1.29, 1.82) is 0 Å². The molecule has 0 aliphatic heterocycles. The van der Waals surface area contributed by atoms with Crippen molar-refractivity contribution in [2.45, 2.75) is 27.7 Å². The van der Waals surface area contributed by atoms with E-state index >= 15 is 0 Å². The first-order chi connectivity index (χ1) is 11.9. The van der Waals surface area contributed by atoms with Crippen molar-refractivity contribution in [3.8, 4) is 11.3 Å². The number of benzene rings is 2. The molecule has 3 rings (SSSR count). The second-order valence-electron chi connectivity index (χ2n) is 5.96. The van der Waals surface area contributed by atoms with Crippen molar-refractivity contribution < 1.29 is 30.0 Å². The van der Waals surface area contributed by atoms with Crippen molar-refractivity contribution in [1.82, 2.24) is 4.98 Å². The molecule has 0 atom stereocenters. The van der Waals surface area contributed by atoms with E-state index in [1.165, 1.54) is 41.8 Å². The van der Waals surface area contributed by atoms with Gasteiger partial charge in [0.1, 0.15) is 0 Å². The molecule has 4 heteroatoms. The van der Waals surface area contributed by atoms with Gasteiger partial charge in [-0.3, -0.25) is 4.79 Å². The minimum absolute atomic E-state index is 0. The Morgan fingerprint density at radius 2 is 1.69 bits per heavy atom. The molecule has 1 aromatic heterocycles. The number of aryl methyl sites for hydroxylation is 2. The zero-order valence-electron chi connectivity index (χ0n) is 15.3. The molecule has 3 nitrogen and oxygen atoms in total. The first kappa shape index (κ1) is 21.8. The number of allylic oxidation sites excluding steroid dienone is 2. The summed E-state index contributed by atoms with van der Waals surface area (Å²) in [7, 11) is 0. The average Bonchev–Trinajstić information content (AvgIpc) is 2.56. The Hall–Kier alpha value is -2.29. The normalized spacial score (nSPS) is 10.5. The molecule has 2 aromatic carbocycles. The molecule has 0 bridgehead atoms. The molecule has 0 amide bonds. The Morgan fingerprint density at radius 3 is 2.23 bits per heavy atom. The summed E-state index contributed by atoms with van der Waals surface area (Å²) in [6.07, 6.45) is 3.11. The third kappa shape index (κ3) is 5.62. The fourth-order valence-electron chi connectivity index (χ4n) is 2.60. The van der Waals surface area contributed by atoms with Crippen LogP contribution in [-0.2, 0) is 24.9 Å². The van der Waals surface area contributed by atoms with Crippen LogP contribution in [0.4, 0.5) is 0 Å². The molecule has 3 aromatic rings. The molecule has 0 aliphatic carbocycles. The predicted octanol–water partition coefficient (Wildman–Crippen LogP) is 5.35. The van der Waals surface area contributed by atoms with Crippen LogP contribution in [0.1, 0.15) is 25.0 Å². The smallest absolute Gasteiger partial charge is 0.155 e. The number of carbonyl (C=O) groups is 1. The van der Waals surface area contributed by atoms with Gasteiger partial charge in [0.05, 0.1) is 5.76 Å². The van der Waals surface area contributed by atoms with Crippen LogP contribution in [-0.4, -0.2) is 15.9 Å². The minimum atomic E-state index is -0.125. The SMILES string of the molecule is CC(=O)/C=C(/C)O.Cc1ccc[c-]c1-c1ncc(C)c2ccccc12.[Ir]. The maximum absolute atomic E-state index is 10.0. The van der Waals surface area contributed by atoms with Gasteiger partial charge >= 0.3 is 0 Å². The van der Waals surface area contributed by atoms with Gasteiger partial charge in [-0.2, -0.15) is 0 Å². The Bertz CT molecular complexity index is 928. The molecular weight excluding hydrogens is 502 g/mol. The Kier molecular flexibility index (Phi) is 8.37. The molecule has 137 valence electrons. The van der Waals surface area contributed by atoms with Crippen molar-refractivity contribution in [2.24, 2.45) is 0 Å². The Morgan fingerprint density at radius 1 is 1.04 bits per heavy atom. The largest absolute Gasteiger partial charge is 0.512 e. The number of aromatic nitrogens is 1. The minimum Gasteiger partial charge on any atom is -0.512 e. The molecule has 0 saturated carbocycles. The van der Waals surface area contributed by atoms with Crippen LogP contribution in [0.2, 0.25) is 0 Å². The second-order valence-corrected chi connectivity index (χ2v) is 5.96. The summed E-state index contributed by atoms with van der Waals surface area (Å²) in [4.78, 5) is 14.6. The number of aliphatic hydroxyl groups is 1.